The maximum absolute atomic E-state index is 11.1. The first-order valence-corrected chi connectivity index (χ1v) is 12.0. The molecule has 26 heavy (non-hydrogen) atoms. The zero-order valence-electron chi connectivity index (χ0n) is 17.5. The van der Waals surface area contributed by atoms with Gasteiger partial charge in [0.2, 0.25) is 0 Å². The SMILES string of the molecule is CCCCCCCCC(O)CCCCCCCC(CCC)S(=O)(=O)[O-].[K+]. The minimum atomic E-state index is -4.14. The molecule has 0 rings (SSSR count). The minimum Gasteiger partial charge on any atom is -0.748 e. The molecule has 0 spiro atoms. The fourth-order valence-corrected chi connectivity index (χ4v) is 4.32. The molecule has 0 aromatic rings. The second kappa shape index (κ2) is 19.8. The summed E-state index contributed by atoms with van der Waals surface area (Å²) in [6.07, 6.45) is 15.9. The van der Waals surface area contributed by atoms with Crippen LogP contribution in [0, 0.1) is 0 Å². The maximum Gasteiger partial charge on any atom is 1.00 e. The molecule has 0 fully saturated rings. The van der Waals surface area contributed by atoms with Crippen LogP contribution in [0.3, 0.4) is 0 Å². The quantitative estimate of drug-likeness (QED) is 0.212. The van der Waals surface area contributed by atoms with Gasteiger partial charge in [0, 0.05) is 5.25 Å². The molecule has 0 saturated carbocycles. The van der Waals surface area contributed by atoms with Crippen molar-refractivity contribution in [3.63, 3.8) is 0 Å². The fraction of sp³-hybridized carbons (Fsp3) is 1.00. The number of aliphatic hydroxyl groups excluding tert-OH is 1. The third-order valence-electron chi connectivity index (χ3n) is 4.97. The van der Waals surface area contributed by atoms with Crippen molar-refractivity contribution < 1.29 is 69.5 Å². The first kappa shape index (κ1) is 29.7. The van der Waals surface area contributed by atoms with Crippen LogP contribution in [0.2, 0.25) is 0 Å². The normalized spacial score (nSPS) is 14.0. The monoisotopic (exact) mass is 416 g/mol. The Labute approximate surface area is 205 Å². The second-order valence-electron chi connectivity index (χ2n) is 7.46. The van der Waals surface area contributed by atoms with Crippen LogP contribution in [-0.2, 0) is 10.1 Å². The van der Waals surface area contributed by atoms with E-state index in [1.165, 1.54) is 32.1 Å². The molecule has 0 radical (unpaired) electrons. The van der Waals surface area contributed by atoms with Crippen LogP contribution in [0.15, 0.2) is 0 Å². The van der Waals surface area contributed by atoms with Crippen LogP contribution in [0.25, 0.3) is 0 Å². The molecule has 0 amide bonds. The Hall–Kier alpha value is 1.51. The van der Waals surface area contributed by atoms with Crippen LogP contribution in [0.4, 0.5) is 0 Å². The average molecular weight is 417 g/mol. The van der Waals surface area contributed by atoms with Gasteiger partial charge in [0.1, 0.15) is 0 Å². The summed E-state index contributed by atoms with van der Waals surface area (Å²) < 4.78 is 33.4. The summed E-state index contributed by atoms with van der Waals surface area (Å²) in [6.45, 7) is 4.13. The van der Waals surface area contributed by atoms with Crippen LogP contribution in [0.1, 0.15) is 117 Å². The van der Waals surface area contributed by atoms with Gasteiger partial charge in [-0.15, -0.1) is 0 Å². The molecule has 0 bridgehead atoms. The maximum atomic E-state index is 11.1. The van der Waals surface area contributed by atoms with Gasteiger partial charge in [0.15, 0.2) is 0 Å². The number of hydrogen-bond donors (Lipinski definition) is 1. The van der Waals surface area contributed by atoms with Gasteiger partial charge in [-0.2, -0.15) is 0 Å². The van der Waals surface area contributed by atoms with Crippen LogP contribution >= 0.6 is 0 Å². The molecule has 152 valence electrons. The Bertz CT molecular complexity index is 387. The third kappa shape index (κ3) is 18.9. The average Bonchev–Trinajstić information content (AvgIpc) is 2.55. The molecule has 0 aliphatic heterocycles. The van der Waals surface area contributed by atoms with E-state index in [0.29, 0.717) is 12.8 Å². The molecule has 4 nitrogen and oxygen atoms in total. The van der Waals surface area contributed by atoms with Crippen molar-refractivity contribution in [2.24, 2.45) is 0 Å². The van der Waals surface area contributed by atoms with E-state index >= 15 is 0 Å². The van der Waals surface area contributed by atoms with Crippen molar-refractivity contribution in [3.05, 3.63) is 0 Å². The van der Waals surface area contributed by atoms with Gasteiger partial charge >= 0.3 is 51.4 Å². The van der Waals surface area contributed by atoms with Crippen LogP contribution in [0.5, 0.6) is 0 Å². The fourth-order valence-electron chi connectivity index (χ4n) is 3.34. The Kier molecular flexibility index (Phi) is 22.6. The zero-order chi connectivity index (χ0) is 19.0. The van der Waals surface area contributed by atoms with Gasteiger partial charge in [-0.05, 0) is 25.7 Å². The molecule has 0 aliphatic rings. The predicted molar refractivity (Wildman–Crippen MR) is 105 cm³/mol. The van der Waals surface area contributed by atoms with E-state index in [1.54, 1.807) is 0 Å². The molecule has 0 heterocycles. The topological polar surface area (TPSA) is 77.4 Å². The Morgan fingerprint density at radius 1 is 0.692 bits per heavy atom. The van der Waals surface area contributed by atoms with Crippen molar-refractivity contribution in [1.82, 2.24) is 0 Å². The number of aliphatic hydroxyl groups is 1. The van der Waals surface area contributed by atoms with Gasteiger partial charge in [0.25, 0.3) is 0 Å². The molecule has 0 aromatic heterocycles. The van der Waals surface area contributed by atoms with Crippen LogP contribution < -0.4 is 51.4 Å². The van der Waals surface area contributed by atoms with Gasteiger partial charge in [-0.3, -0.25) is 0 Å². The number of unbranched alkanes of at least 4 members (excludes halogenated alkanes) is 9. The molecule has 0 aromatic carbocycles. The molecule has 0 saturated heterocycles. The van der Waals surface area contributed by atoms with E-state index in [-0.39, 0.29) is 57.5 Å². The molecule has 2 atom stereocenters. The second-order valence-corrected chi connectivity index (χ2v) is 9.11. The summed E-state index contributed by atoms with van der Waals surface area (Å²) in [5.74, 6) is 0. The Morgan fingerprint density at radius 2 is 1.12 bits per heavy atom. The van der Waals surface area contributed by atoms with Crippen molar-refractivity contribution in [2.45, 2.75) is 128 Å². The predicted octanol–water partition coefficient (Wildman–Crippen LogP) is 2.55. The summed E-state index contributed by atoms with van der Waals surface area (Å²) in [5.41, 5.74) is 0. The van der Waals surface area contributed by atoms with Crippen molar-refractivity contribution in [1.29, 1.82) is 0 Å². The Morgan fingerprint density at radius 3 is 1.54 bits per heavy atom. The van der Waals surface area contributed by atoms with E-state index < -0.39 is 15.4 Å². The minimum absolute atomic E-state index is 0. The molecular weight excluding hydrogens is 375 g/mol. The standard InChI is InChI=1S/C20H42O4S.K/c1-3-5-6-7-9-12-16-19(21)17-13-10-8-11-14-18-20(15-4-2)25(22,23)24;/h19-21H,3-18H2,1-2H3,(H,22,23,24);/q;+1/p-1. The number of hydrogen-bond acceptors (Lipinski definition) is 4. The third-order valence-corrected chi connectivity index (χ3v) is 6.26. The Balaban J connectivity index is 0. The van der Waals surface area contributed by atoms with Crippen molar-refractivity contribution in [3.8, 4) is 0 Å². The van der Waals surface area contributed by atoms with E-state index in [1.807, 2.05) is 6.92 Å². The number of rotatable bonds is 18. The van der Waals surface area contributed by atoms with Crippen LogP contribution in [-0.4, -0.2) is 29.4 Å². The van der Waals surface area contributed by atoms with Gasteiger partial charge in [-0.25, -0.2) is 8.42 Å². The summed E-state index contributed by atoms with van der Waals surface area (Å²) in [5, 5.41) is 9.28. The van der Waals surface area contributed by atoms with E-state index in [9.17, 15) is 18.1 Å². The van der Waals surface area contributed by atoms with Gasteiger partial charge < -0.3 is 9.66 Å². The van der Waals surface area contributed by atoms with Crippen molar-refractivity contribution in [2.75, 3.05) is 0 Å². The summed E-state index contributed by atoms with van der Waals surface area (Å²) >= 11 is 0. The van der Waals surface area contributed by atoms with Gasteiger partial charge in [0.05, 0.1) is 16.2 Å². The smallest absolute Gasteiger partial charge is 0.748 e. The molecule has 1 N–H and O–H groups in total. The molecular formula is C20H41KO4S. The summed E-state index contributed by atoms with van der Waals surface area (Å²) in [4.78, 5) is 0. The summed E-state index contributed by atoms with van der Waals surface area (Å²) in [6, 6.07) is 0. The molecule has 6 heteroatoms. The largest absolute Gasteiger partial charge is 1.00 e. The van der Waals surface area contributed by atoms with Crippen molar-refractivity contribution >= 4 is 10.1 Å². The molecule has 0 aliphatic carbocycles. The first-order valence-electron chi connectivity index (χ1n) is 10.5. The van der Waals surface area contributed by atoms with E-state index in [0.717, 1.165) is 57.8 Å². The molecule has 2 unspecified atom stereocenters. The summed E-state index contributed by atoms with van der Waals surface area (Å²) in [7, 11) is -4.14. The van der Waals surface area contributed by atoms with E-state index in [2.05, 4.69) is 6.92 Å². The van der Waals surface area contributed by atoms with E-state index in [4.69, 9.17) is 0 Å². The zero-order valence-corrected chi connectivity index (χ0v) is 21.5. The first-order chi connectivity index (χ1) is 11.9. The van der Waals surface area contributed by atoms with Gasteiger partial charge in [-0.1, -0.05) is 90.9 Å².